The van der Waals surface area contributed by atoms with E-state index < -0.39 is 23.7 Å². The lowest BCUT2D eigenvalue weighted by Crippen LogP contribution is -2.42. The van der Waals surface area contributed by atoms with Crippen LogP contribution in [-0.2, 0) is 23.9 Å². The highest BCUT2D eigenvalue weighted by molar-refractivity contribution is 8.18. The van der Waals surface area contributed by atoms with Crippen molar-refractivity contribution in [2.75, 3.05) is 46.1 Å². The number of morpholine rings is 1. The number of imide groups is 1. The van der Waals surface area contributed by atoms with Crippen molar-refractivity contribution in [1.82, 2.24) is 9.80 Å². The summed E-state index contributed by atoms with van der Waals surface area (Å²) in [6.07, 6.45) is 1.58. The molecule has 0 saturated carbocycles. The van der Waals surface area contributed by atoms with Gasteiger partial charge >= 0.3 is 5.97 Å². The number of hydrogen-bond acceptors (Lipinski definition) is 8. The van der Waals surface area contributed by atoms with E-state index in [1.807, 2.05) is 13.8 Å². The molecule has 2 fully saturated rings. The second kappa shape index (κ2) is 11.1. The van der Waals surface area contributed by atoms with Crippen LogP contribution in [0.5, 0.6) is 5.75 Å². The topological polar surface area (TPSA) is 102 Å². The molecule has 0 aromatic heterocycles. The van der Waals surface area contributed by atoms with Gasteiger partial charge in [0.1, 0.15) is 12.3 Å². The Kier molecular flexibility index (Phi) is 8.29. The molecule has 0 aliphatic carbocycles. The summed E-state index contributed by atoms with van der Waals surface area (Å²) >= 11 is 0.776. The number of benzene rings is 1. The van der Waals surface area contributed by atoms with Gasteiger partial charge in [0.2, 0.25) is 0 Å². The van der Waals surface area contributed by atoms with Crippen LogP contribution in [0.3, 0.4) is 0 Å². The molecule has 0 unspecified atom stereocenters. The summed E-state index contributed by atoms with van der Waals surface area (Å²) in [4.78, 5) is 51.5. The number of nitrogens with zero attached hydrogens (tertiary/aromatic N) is 2. The van der Waals surface area contributed by atoms with E-state index in [1.165, 1.54) is 0 Å². The first-order valence-electron chi connectivity index (χ1n) is 10.3. The van der Waals surface area contributed by atoms with Crippen molar-refractivity contribution in [3.05, 3.63) is 34.7 Å². The van der Waals surface area contributed by atoms with Crippen molar-refractivity contribution < 1.29 is 33.4 Å². The molecule has 0 bridgehead atoms. The number of amides is 3. The van der Waals surface area contributed by atoms with E-state index in [0.717, 1.165) is 16.7 Å². The quantitative estimate of drug-likeness (QED) is 0.428. The van der Waals surface area contributed by atoms with Crippen LogP contribution in [0.4, 0.5) is 4.79 Å². The zero-order chi connectivity index (χ0) is 23.1. The molecule has 0 radical (unpaired) electrons. The van der Waals surface area contributed by atoms with Gasteiger partial charge in [0.05, 0.1) is 24.7 Å². The van der Waals surface area contributed by atoms with Gasteiger partial charge in [0.15, 0.2) is 6.61 Å². The molecule has 172 valence electrons. The Labute approximate surface area is 190 Å². The first-order valence-corrected chi connectivity index (χ1v) is 11.1. The number of esters is 1. The SMILES string of the molecule is CC(C)COC(=O)CN1C(=O)S/C(=C/c2ccc(OCC(=O)N3CCOCC3)cc2)C1=O. The van der Waals surface area contributed by atoms with Crippen molar-refractivity contribution in [3.63, 3.8) is 0 Å². The van der Waals surface area contributed by atoms with Crippen LogP contribution in [0.15, 0.2) is 29.2 Å². The molecule has 1 aromatic carbocycles. The molecule has 2 aliphatic heterocycles. The van der Waals surface area contributed by atoms with Crippen LogP contribution in [0, 0.1) is 5.92 Å². The summed E-state index contributed by atoms with van der Waals surface area (Å²) in [5.41, 5.74) is 0.685. The largest absolute Gasteiger partial charge is 0.484 e. The molecule has 3 amide bonds. The monoisotopic (exact) mass is 462 g/mol. The fourth-order valence-corrected chi connectivity index (χ4v) is 3.77. The first-order chi connectivity index (χ1) is 15.3. The van der Waals surface area contributed by atoms with Gasteiger partial charge < -0.3 is 19.1 Å². The molecule has 1 aromatic rings. The van der Waals surface area contributed by atoms with E-state index in [9.17, 15) is 19.2 Å². The third-order valence-corrected chi connectivity index (χ3v) is 5.55. The van der Waals surface area contributed by atoms with Crippen molar-refractivity contribution in [1.29, 1.82) is 0 Å². The molecule has 32 heavy (non-hydrogen) atoms. The Bertz CT molecular complexity index is 892. The van der Waals surface area contributed by atoms with E-state index in [-0.39, 0.29) is 29.9 Å². The van der Waals surface area contributed by atoms with Crippen molar-refractivity contribution in [3.8, 4) is 5.75 Å². The molecule has 2 saturated heterocycles. The average Bonchev–Trinajstić information content (AvgIpc) is 3.05. The minimum Gasteiger partial charge on any atom is -0.484 e. The van der Waals surface area contributed by atoms with Gasteiger partial charge in [-0.2, -0.15) is 0 Å². The van der Waals surface area contributed by atoms with E-state index >= 15 is 0 Å². The first kappa shape index (κ1) is 23.8. The highest BCUT2D eigenvalue weighted by Crippen LogP contribution is 2.32. The van der Waals surface area contributed by atoms with Gasteiger partial charge in [0, 0.05) is 13.1 Å². The number of carbonyl (C=O) groups is 4. The summed E-state index contributed by atoms with van der Waals surface area (Å²) in [5.74, 6) is -0.561. The highest BCUT2D eigenvalue weighted by Gasteiger charge is 2.36. The van der Waals surface area contributed by atoms with E-state index in [0.29, 0.717) is 37.6 Å². The Hall–Kier alpha value is -2.85. The zero-order valence-electron chi connectivity index (χ0n) is 18.1. The normalized spacial score (nSPS) is 17.9. The maximum Gasteiger partial charge on any atom is 0.326 e. The fraction of sp³-hybridized carbons (Fsp3) is 0.455. The summed E-state index contributed by atoms with van der Waals surface area (Å²) in [7, 11) is 0. The molecule has 10 heteroatoms. The zero-order valence-corrected chi connectivity index (χ0v) is 18.9. The van der Waals surface area contributed by atoms with Crippen LogP contribution in [-0.4, -0.2) is 78.9 Å². The molecule has 0 atom stereocenters. The molecule has 2 aliphatic rings. The Morgan fingerprint density at radius 2 is 1.84 bits per heavy atom. The summed E-state index contributed by atoms with van der Waals surface area (Å²) in [6, 6.07) is 6.82. The van der Waals surface area contributed by atoms with E-state index in [1.54, 1.807) is 35.2 Å². The second-order valence-electron chi connectivity index (χ2n) is 7.70. The average molecular weight is 463 g/mol. The molecular formula is C22H26N2O7S. The van der Waals surface area contributed by atoms with Gasteiger partial charge in [-0.25, -0.2) is 0 Å². The van der Waals surface area contributed by atoms with E-state index in [4.69, 9.17) is 14.2 Å². The second-order valence-corrected chi connectivity index (χ2v) is 8.69. The maximum atomic E-state index is 12.5. The predicted octanol–water partition coefficient (Wildman–Crippen LogP) is 2.16. The van der Waals surface area contributed by atoms with Crippen LogP contribution < -0.4 is 4.74 Å². The van der Waals surface area contributed by atoms with Crippen molar-refractivity contribution >= 4 is 40.9 Å². The van der Waals surface area contributed by atoms with Crippen LogP contribution in [0.25, 0.3) is 6.08 Å². The fourth-order valence-electron chi connectivity index (χ4n) is 2.93. The summed E-state index contributed by atoms with van der Waals surface area (Å²) < 4.78 is 15.8. The standard InChI is InChI=1S/C22H26N2O7S/c1-15(2)13-31-20(26)12-24-21(27)18(32-22(24)28)11-16-3-5-17(6-4-16)30-14-19(25)23-7-9-29-10-8-23/h3-6,11,15H,7-10,12-14H2,1-2H3/b18-11+. The summed E-state index contributed by atoms with van der Waals surface area (Å²) in [6.45, 7) is 5.75. The van der Waals surface area contributed by atoms with Gasteiger partial charge in [-0.1, -0.05) is 26.0 Å². The number of hydrogen-bond donors (Lipinski definition) is 0. The highest BCUT2D eigenvalue weighted by atomic mass is 32.2. The maximum absolute atomic E-state index is 12.5. The van der Waals surface area contributed by atoms with Gasteiger partial charge in [-0.05, 0) is 41.5 Å². The Balaban J connectivity index is 1.53. The Morgan fingerprint density at radius 3 is 2.50 bits per heavy atom. The molecule has 9 nitrogen and oxygen atoms in total. The van der Waals surface area contributed by atoms with Crippen molar-refractivity contribution in [2.45, 2.75) is 13.8 Å². The lowest BCUT2D eigenvalue weighted by Gasteiger charge is -2.26. The van der Waals surface area contributed by atoms with Crippen LogP contribution in [0.2, 0.25) is 0 Å². The van der Waals surface area contributed by atoms with Crippen LogP contribution in [0.1, 0.15) is 19.4 Å². The number of ether oxygens (including phenoxy) is 3. The van der Waals surface area contributed by atoms with Gasteiger partial charge in [0.25, 0.3) is 17.1 Å². The molecular weight excluding hydrogens is 436 g/mol. The lowest BCUT2D eigenvalue weighted by molar-refractivity contribution is -0.147. The minimum atomic E-state index is -0.615. The molecule has 0 N–H and O–H groups in total. The van der Waals surface area contributed by atoms with Crippen LogP contribution >= 0.6 is 11.8 Å². The van der Waals surface area contributed by atoms with Gasteiger partial charge in [-0.3, -0.25) is 24.1 Å². The number of thioether (sulfide) groups is 1. The van der Waals surface area contributed by atoms with Gasteiger partial charge in [-0.15, -0.1) is 0 Å². The molecule has 3 rings (SSSR count). The molecule has 2 heterocycles. The minimum absolute atomic E-state index is 0.0643. The third-order valence-electron chi connectivity index (χ3n) is 4.64. The van der Waals surface area contributed by atoms with E-state index in [2.05, 4.69) is 0 Å². The number of rotatable bonds is 8. The third kappa shape index (κ3) is 6.57. The smallest absolute Gasteiger partial charge is 0.326 e. The van der Waals surface area contributed by atoms with Crippen molar-refractivity contribution in [2.24, 2.45) is 5.92 Å². The lowest BCUT2D eigenvalue weighted by atomic mass is 10.2. The number of carbonyl (C=O) groups excluding carboxylic acids is 4. The summed E-state index contributed by atoms with van der Waals surface area (Å²) in [5, 5.41) is -0.510. The predicted molar refractivity (Wildman–Crippen MR) is 118 cm³/mol. The molecule has 0 spiro atoms. The Morgan fingerprint density at radius 1 is 1.16 bits per heavy atom.